The SMILES string of the molecule is CN(C)S(=O)(=O)CCNc1cc(C#N)c2ccccc2n1. The average Bonchev–Trinajstić information content (AvgIpc) is 2.46. The lowest BCUT2D eigenvalue weighted by atomic mass is 10.1. The number of nitrogens with one attached hydrogen (secondary N) is 1. The van der Waals surface area contributed by atoms with Gasteiger partial charge < -0.3 is 5.32 Å². The Morgan fingerprint density at radius 1 is 1.33 bits per heavy atom. The number of anilines is 1. The van der Waals surface area contributed by atoms with Crippen molar-refractivity contribution in [1.29, 1.82) is 5.26 Å². The number of nitrogens with zero attached hydrogens (tertiary/aromatic N) is 3. The first kappa shape index (κ1) is 15.2. The molecule has 21 heavy (non-hydrogen) atoms. The van der Waals surface area contributed by atoms with Gasteiger partial charge in [0.2, 0.25) is 10.0 Å². The summed E-state index contributed by atoms with van der Waals surface area (Å²) in [4.78, 5) is 4.38. The third-order valence-electron chi connectivity index (χ3n) is 3.06. The molecule has 0 saturated heterocycles. The number of nitriles is 1. The molecule has 1 aromatic carbocycles. The van der Waals surface area contributed by atoms with Gasteiger partial charge in [-0.2, -0.15) is 5.26 Å². The van der Waals surface area contributed by atoms with Gasteiger partial charge in [-0.1, -0.05) is 18.2 Å². The van der Waals surface area contributed by atoms with Crippen LogP contribution in [-0.4, -0.2) is 44.1 Å². The van der Waals surface area contributed by atoms with Gasteiger partial charge in [0.05, 0.1) is 22.9 Å². The zero-order chi connectivity index (χ0) is 15.5. The molecule has 1 heterocycles. The fraction of sp³-hybridized carbons (Fsp3) is 0.286. The highest BCUT2D eigenvalue weighted by Gasteiger charge is 2.13. The van der Waals surface area contributed by atoms with Gasteiger partial charge in [0, 0.05) is 26.0 Å². The fourth-order valence-corrected chi connectivity index (χ4v) is 2.57. The number of aromatic nitrogens is 1. The van der Waals surface area contributed by atoms with Gasteiger partial charge in [-0.25, -0.2) is 17.7 Å². The van der Waals surface area contributed by atoms with Crippen LogP contribution in [0.5, 0.6) is 0 Å². The van der Waals surface area contributed by atoms with Crippen molar-refractivity contribution in [3.8, 4) is 6.07 Å². The van der Waals surface area contributed by atoms with Crippen molar-refractivity contribution < 1.29 is 8.42 Å². The Bertz CT molecular complexity index is 794. The summed E-state index contributed by atoms with van der Waals surface area (Å²) in [5.74, 6) is 0.468. The predicted molar refractivity (Wildman–Crippen MR) is 82.4 cm³/mol. The molecule has 0 amide bonds. The molecule has 0 aliphatic carbocycles. The lowest BCUT2D eigenvalue weighted by Crippen LogP contribution is -2.28. The van der Waals surface area contributed by atoms with Gasteiger partial charge in [-0.15, -0.1) is 0 Å². The van der Waals surface area contributed by atoms with E-state index in [1.165, 1.54) is 18.4 Å². The van der Waals surface area contributed by atoms with E-state index in [1.54, 1.807) is 6.07 Å². The van der Waals surface area contributed by atoms with Crippen molar-refractivity contribution in [3.05, 3.63) is 35.9 Å². The van der Waals surface area contributed by atoms with E-state index in [0.29, 0.717) is 16.9 Å². The minimum Gasteiger partial charge on any atom is -0.369 e. The van der Waals surface area contributed by atoms with E-state index in [4.69, 9.17) is 0 Å². The van der Waals surface area contributed by atoms with E-state index in [9.17, 15) is 13.7 Å². The van der Waals surface area contributed by atoms with Crippen LogP contribution in [0.3, 0.4) is 0 Å². The smallest absolute Gasteiger partial charge is 0.215 e. The van der Waals surface area contributed by atoms with Gasteiger partial charge in [0.1, 0.15) is 5.82 Å². The number of sulfonamides is 1. The highest BCUT2D eigenvalue weighted by Crippen LogP contribution is 2.19. The van der Waals surface area contributed by atoms with Crippen molar-refractivity contribution in [2.24, 2.45) is 0 Å². The van der Waals surface area contributed by atoms with Crippen LogP contribution in [0.15, 0.2) is 30.3 Å². The first-order valence-corrected chi connectivity index (χ1v) is 7.99. The number of fused-ring (bicyclic) bond motifs is 1. The Morgan fingerprint density at radius 3 is 2.71 bits per heavy atom. The topological polar surface area (TPSA) is 86.1 Å². The quantitative estimate of drug-likeness (QED) is 0.902. The zero-order valence-corrected chi connectivity index (χ0v) is 12.7. The Hall–Kier alpha value is -2.17. The minimum absolute atomic E-state index is 0.0314. The van der Waals surface area contributed by atoms with E-state index in [1.807, 2.05) is 24.3 Å². The minimum atomic E-state index is -3.25. The number of rotatable bonds is 5. The molecule has 0 atom stereocenters. The highest BCUT2D eigenvalue weighted by molar-refractivity contribution is 7.89. The second-order valence-electron chi connectivity index (χ2n) is 4.71. The van der Waals surface area contributed by atoms with E-state index >= 15 is 0 Å². The molecule has 1 aromatic heterocycles. The molecule has 0 unspecified atom stereocenters. The zero-order valence-electron chi connectivity index (χ0n) is 11.9. The molecule has 7 heteroatoms. The van der Waals surface area contributed by atoms with Gasteiger partial charge in [-0.05, 0) is 12.1 Å². The molecule has 0 bridgehead atoms. The molecule has 2 aromatic rings. The number of para-hydroxylation sites is 1. The van der Waals surface area contributed by atoms with Crippen molar-refractivity contribution in [1.82, 2.24) is 9.29 Å². The molecule has 0 aliphatic rings. The third-order valence-corrected chi connectivity index (χ3v) is 4.89. The molecule has 1 N–H and O–H groups in total. The number of benzene rings is 1. The molecule has 0 aliphatic heterocycles. The van der Waals surface area contributed by atoms with Crippen molar-refractivity contribution in [2.45, 2.75) is 0 Å². The highest BCUT2D eigenvalue weighted by atomic mass is 32.2. The fourth-order valence-electron chi connectivity index (χ4n) is 1.85. The Kier molecular flexibility index (Phi) is 4.40. The monoisotopic (exact) mass is 304 g/mol. The van der Waals surface area contributed by atoms with Crippen molar-refractivity contribution >= 4 is 26.7 Å². The molecule has 2 rings (SSSR count). The Balaban J connectivity index is 2.19. The molecular formula is C14H16N4O2S. The summed E-state index contributed by atoms with van der Waals surface area (Å²) < 4.78 is 24.5. The number of hydrogen-bond donors (Lipinski definition) is 1. The first-order chi connectivity index (χ1) is 9.94. The number of pyridine rings is 1. The lowest BCUT2D eigenvalue weighted by molar-refractivity contribution is 0.521. The Labute approximate surface area is 124 Å². The molecule has 0 spiro atoms. The van der Waals surface area contributed by atoms with E-state index in [0.717, 1.165) is 5.39 Å². The summed E-state index contributed by atoms with van der Waals surface area (Å²) in [6, 6.07) is 11.1. The lowest BCUT2D eigenvalue weighted by Gasteiger charge is -2.12. The summed E-state index contributed by atoms with van der Waals surface area (Å²) in [6.45, 7) is 0.233. The predicted octanol–water partition coefficient (Wildman–Crippen LogP) is 1.41. The normalized spacial score (nSPS) is 11.5. The summed E-state index contributed by atoms with van der Waals surface area (Å²) in [6.07, 6.45) is 0. The van der Waals surface area contributed by atoms with Crippen LogP contribution in [0.25, 0.3) is 10.9 Å². The van der Waals surface area contributed by atoms with Crippen LogP contribution in [0.2, 0.25) is 0 Å². The van der Waals surface area contributed by atoms with Gasteiger partial charge >= 0.3 is 0 Å². The van der Waals surface area contributed by atoms with Crippen LogP contribution < -0.4 is 5.32 Å². The standard InChI is InChI=1S/C14H16N4O2S/c1-18(2)21(19,20)8-7-16-14-9-11(10-15)12-5-3-4-6-13(12)17-14/h3-6,9H,7-8H2,1-2H3,(H,16,17). The van der Waals surface area contributed by atoms with Crippen LogP contribution in [0, 0.1) is 11.3 Å². The van der Waals surface area contributed by atoms with Gasteiger partial charge in [0.25, 0.3) is 0 Å². The molecule has 0 fully saturated rings. The molecular weight excluding hydrogens is 288 g/mol. The van der Waals surface area contributed by atoms with Gasteiger partial charge in [-0.3, -0.25) is 0 Å². The van der Waals surface area contributed by atoms with E-state index < -0.39 is 10.0 Å². The molecule has 0 saturated carbocycles. The average molecular weight is 304 g/mol. The third kappa shape index (κ3) is 3.48. The van der Waals surface area contributed by atoms with Crippen LogP contribution >= 0.6 is 0 Å². The maximum absolute atomic E-state index is 11.7. The second-order valence-corrected chi connectivity index (χ2v) is 7.01. The number of hydrogen-bond acceptors (Lipinski definition) is 5. The van der Waals surface area contributed by atoms with E-state index in [2.05, 4.69) is 16.4 Å². The van der Waals surface area contributed by atoms with Gasteiger partial charge in [0.15, 0.2) is 0 Å². The molecule has 0 radical (unpaired) electrons. The van der Waals surface area contributed by atoms with Crippen LogP contribution in [0.4, 0.5) is 5.82 Å². The second kappa shape index (κ2) is 6.08. The van der Waals surface area contributed by atoms with Crippen LogP contribution in [0.1, 0.15) is 5.56 Å². The Morgan fingerprint density at radius 2 is 2.05 bits per heavy atom. The summed E-state index contributed by atoms with van der Waals surface area (Å²) in [5, 5.41) is 12.9. The largest absolute Gasteiger partial charge is 0.369 e. The summed E-state index contributed by atoms with van der Waals surface area (Å²) in [5.41, 5.74) is 1.22. The summed E-state index contributed by atoms with van der Waals surface area (Å²) >= 11 is 0. The molecule has 110 valence electrons. The first-order valence-electron chi connectivity index (χ1n) is 6.38. The maximum Gasteiger partial charge on any atom is 0.215 e. The van der Waals surface area contributed by atoms with Crippen LogP contribution in [-0.2, 0) is 10.0 Å². The van der Waals surface area contributed by atoms with Crippen molar-refractivity contribution in [3.63, 3.8) is 0 Å². The van der Waals surface area contributed by atoms with Crippen molar-refractivity contribution in [2.75, 3.05) is 31.7 Å². The maximum atomic E-state index is 11.7. The summed E-state index contributed by atoms with van der Waals surface area (Å²) in [7, 11) is -0.254. The molecule has 6 nitrogen and oxygen atoms in total. The van der Waals surface area contributed by atoms with E-state index in [-0.39, 0.29) is 12.3 Å².